The van der Waals surface area contributed by atoms with Crippen LogP contribution in [0, 0.1) is 5.92 Å². The number of pyridine rings is 1. The van der Waals surface area contributed by atoms with Gasteiger partial charge in [-0.3, -0.25) is 9.78 Å². The summed E-state index contributed by atoms with van der Waals surface area (Å²) in [6.45, 7) is 0.688. The average molecular weight is 452 g/mol. The zero-order valence-corrected chi connectivity index (χ0v) is 18.5. The quantitative estimate of drug-likeness (QED) is 0.597. The van der Waals surface area contributed by atoms with Crippen LogP contribution < -0.4 is 10.1 Å². The van der Waals surface area contributed by atoms with E-state index in [1.54, 1.807) is 49.8 Å². The first-order valence-electron chi connectivity index (χ1n) is 10.3. The monoisotopic (exact) mass is 451 g/mol. The molecule has 8 heteroatoms. The van der Waals surface area contributed by atoms with E-state index in [9.17, 15) is 13.2 Å². The van der Waals surface area contributed by atoms with Crippen LogP contribution in [0.4, 0.5) is 0 Å². The summed E-state index contributed by atoms with van der Waals surface area (Å²) in [5.74, 6) is -0.327. The molecule has 0 spiro atoms. The van der Waals surface area contributed by atoms with E-state index in [0.29, 0.717) is 12.3 Å². The Hall–Kier alpha value is -3.23. The molecule has 1 aromatic heterocycles. The molecule has 1 aliphatic heterocycles. The molecule has 0 bridgehead atoms. The largest absolute Gasteiger partial charge is 0.497 e. The molecule has 2 aromatic carbocycles. The van der Waals surface area contributed by atoms with Crippen molar-refractivity contribution >= 4 is 15.9 Å². The van der Waals surface area contributed by atoms with Gasteiger partial charge in [-0.15, -0.1) is 0 Å². The van der Waals surface area contributed by atoms with E-state index >= 15 is 0 Å². The average Bonchev–Trinajstić information content (AvgIpc) is 3.30. The molecule has 2 unspecified atom stereocenters. The molecule has 1 saturated heterocycles. The van der Waals surface area contributed by atoms with Gasteiger partial charge in [-0.25, -0.2) is 8.42 Å². The lowest BCUT2D eigenvalue weighted by atomic mass is 9.88. The molecule has 0 aliphatic carbocycles. The van der Waals surface area contributed by atoms with E-state index in [0.717, 1.165) is 11.1 Å². The number of carbonyl (C=O) groups is 1. The Kier molecular flexibility index (Phi) is 6.53. The summed E-state index contributed by atoms with van der Waals surface area (Å²) in [7, 11) is -2.13. The van der Waals surface area contributed by atoms with Crippen molar-refractivity contribution in [3.05, 3.63) is 90.3 Å². The number of nitrogens with zero attached hydrogens (tertiary/aromatic N) is 2. The summed E-state index contributed by atoms with van der Waals surface area (Å²) in [5, 5.41) is 2.96. The van der Waals surface area contributed by atoms with Crippen molar-refractivity contribution in [2.75, 3.05) is 20.2 Å². The summed E-state index contributed by atoms with van der Waals surface area (Å²) in [5.41, 5.74) is 1.80. The number of ether oxygens (including phenoxy) is 1. The number of hydrogen-bond donors (Lipinski definition) is 1. The maximum Gasteiger partial charge on any atom is 0.243 e. The number of carbonyl (C=O) groups excluding carboxylic acids is 1. The van der Waals surface area contributed by atoms with Crippen LogP contribution in [0.25, 0.3) is 0 Å². The lowest BCUT2D eigenvalue weighted by Gasteiger charge is -2.19. The highest BCUT2D eigenvalue weighted by molar-refractivity contribution is 7.89. The maximum absolute atomic E-state index is 13.2. The normalized spacial score (nSPS) is 18.9. The van der Waals surface area contributed by atoms with E-state index in [2.05, 4.69) is 10.3 Å². The third kappa shape index (κ3) is 4.66. The fourth-order valence-corrected chi connectivity index (χ4v) is 5.51. The summed E-state index contributed by atoms with van der Waals surface area (Å²) < 4.78 is 33.2. The van der Waals surface area contributed by atoms with Crippen LogP contribution in [-0.4, -0.2) is 43.8 Å². The van der Waals surface area contributed by atoms with E-state index in [4.69, 9.17) is 4.74 Å². The van der Waals surface area contributed by atoms with Gasteiger partial charge in [-0.1, -0.05) is 30.3 Å². The van der Waals surface area contributed by atoms with Gasteiger partial charge in [0.2, 0.25) is 15.9 Å². The minimum Gasteiger partial charge on any atom is -0.497 e. The summed E-state index contributed by atoms with van der Waals surface area (Å²) in [6.07, 6.45) is 3.34. The molecule has 32 heavy (non-hydrogen) atoms. The highest BCUT2D eigenvalue weighted by Crippen LogP contribution is 2.37. The Labute approximate surface area is 188 Å². The Balaban J connectivity index is 1.61. The summed E-state index contributed by atoms with van der Waals surface area (Å²) in [4.78, 5) is 17.4. The lowest BCUT2D eigenvalue weighted by molar-refractivity contribution is -0.125. The Bertz CT molecular complexity index is 1170. The molecule has 1 N–H and O–H groups in total. The van der Waals surface area contributed by atoms with Gasteiger partial charge in [0, 0.05) is 37.9 Å². The number of aromatic nitrogens is 1. The van der Waals surface area contributed by atoms with Gasteiger partial charge >= 0.3 is 0 Å². The predicted octanol–water partition coefficient (Wildman–Crippen LogP) is 2.81. The maximum atomic E-state index is 13.2. The molecule has 166 valence electrons. The first-order chi connectivity index (χ1) is 15.5. The van der Waals surface area contributed by atoms with Crippen molar-refractivity contribution in [1.82, 2.24) is 14.6 Å². The molecule has 0 saturated carbocycles. The molecular formula is C24H25N3O4S. The first-order valence-corrected chi connectivity index (χ1v) is 11.8. The van der Waals surface area contributed by atoms with Crippen LogP contribution in [0.5, 0.6) is 5.75 Å². The van der Waals surface area contributed by atoms with Gasteiger partial charge < -0.3 is 10.1 Å². The van der Waals surface area contributed by atoms with E-state index in [-0.39, 0.29) is 29.8 Å². The van der Waals surface area contributed by atoms with Crippen molar-refractivity contribution < 1.29 is 17.9 Å². The highest BCUT2D eigenvalue weighted by atomic mass is 32.2. The number of rotatable bonds is 7. The molecule has 3 aromatic rings. The minimum absolute atomic E-state index is 0.112. The minimum atomic E-state index is -3.72. The van der Waals surface area contributed by atoms with Gasteiger partial charge in [0.05, 0.1) is 17.9 Å². The topological polar surface area (TPSA) is 88.6 Å². The zero-order chi connectivity index (χ0) is 22.6. The number of methoxy groups -OCH3 is 1. The summed E-state index contributed by atoms with van der Waals surface area (Å²) in [6, 6.07) is 19.5. The number of hydrogen-bond acceptors (Lipinski definition) is 5. The molecule has 2 heterocycles. The molecular weight excluding hydrogens is 426 g/mol. The Morgan fingerprint density at radius 3 is 2.53 bits per heavy atom. The summed E-state index contributed by atoms with van der Waals surface area (Å²) >= 11 is 0. The highest BCUT2D eigenvalue weighted by Gasteiger charge is 2.43. The predicted molar refractivity (Wildman–Crippen MR) is 121 cm³/mol. The Morgan fingerprint density at radius 1 is 1.06 bits per heavy atom. The van der Waals surface area contributed by atoms with Crippen LogP contribution in [0.15, 0.2) is 84.0 Å². The smallest absolute Gasteiger partial charge is 0.243 e. The van der Waals surface area contributed by atoms with E-state index in [1.807, 2.05) is 36.4 Å². The zero-order valence-electron chi connectivity index (χ0n) is 17.7. The number of amides is 1. The molecule has 7 nitrogen and oxygen atoms in total. The molecule has 1 fully saturated rings. The van der Waals surface area contributed by atoms with Crippen molar-refractivity contribution in [3.8, 4) is 5.75 Å². The van der Waals surface area contributed by atoms with Crippen molar-refractivity contribution in [3.63, 3.8) is 0 Å². The van der Waals surface area contributed by atoms with Crippen LogP contribution in [-0.2, 0) is 21.4 Å². The van der Waals surface area contributed by atoms with E-state index < -0.39 is 15.9 Å². The van der Waals surface area contributed by atoms with Crippen LogP contribution in [0.3, 0.4) is 0 Å². The SMILES string of the molecule is COc1cccc(C2CN(S(=O)(=O)c3ccccc3)CC2C(=O)NCc2ccncc2)c1. The van der Waals surface area contributed by atoms with Crippen molar-refractivity contribution in [1.29, 1.82) is 0 Å². The van der Waals surface area contributed by atoms with Crippen LogP contribution >= 0.6 is 0 Å². The molecule has 4 rings (SSSR count). The second kappa shape index (κ2) is 9.50. The fraction of sp³-hybridized carbons (Fsp3) is 0.250. The van der Waals surface area contributed by atoms with Gasteiger partial charge in [0.1, 0.15) is 5.75 Å². The van der Waals surface area contributed by atoms with Gasteiger partial charge in [0.15, 0.2) is 0 Å². The van der Waals surface area contributed by atoms with Crippen LogP contribution in [0.2, 0.25) is 0 Å². The van der Waals surface area contributed by atoms with Crippen molar-refractivity contribution in [2.45, 2.75) is 17.4 Å². The van der Waals surface area contributed by atoms with Gasteiger partial charge in [-0.2, -0.15) is 4.31 Å². The Morgan fingerprint density at radius 2 is 1.81 bits per heavy atom. The lowest BCUT2D eigenvalue weighted by Crippen LogP contribution is -2.35. The van der Waals surface area contributed by atoms with Gasteiger partial charge in [0.25, 0.3) is 0 Å². The second-order valence-electron chi connectivity index (χ2n) is 7.70. The number of nitrogens with one attached hydrogen (secondary N) is 1. The number of sulfonamides is 1. The standard InChI is InChI=1S/C24H25N3O4S/c1-31-20-7-5-6-19(14-20)22-16-27(32(29,30)21-8-3-2-4-9-21)17-23(22)24(28)26-15-18-10-12-25-13-11-18/h2-14,22-23H,15-17H2,1H3,(H,26,28). The van der Waals surface area contributed by atoms with E-state index in [1.165, 1.54) is 4.31 Å². The first kappa shape index (κ1) is 22.0. The fourth-order valence-electron chi connectivity index (χ4n) is 4.00. The van der Waals surface area contributed by atoms with Crippen molar-refractivity contribution in [2.24, 2.45) is 5.92 Å². The van der Waals surface area contributed by atoms with Crippen LogP contribution in [0.1, 0.15) is 17.0 Å². The molecule has 1 aliphatic rings. The molecule has 0 radical (unpaired) electrons. The van der Waals surface area contributed by atoms with Gasteiger partial charge in [-0.05, 0) is 47.5 Å². The third-order valence-electron chi connectivity index (χ3n) is 5.74. The molecule has 2 atom stereocenters. The third-order valence-corrected chi connectivity index (χ3v) is 7.59. The second-order valence-corrected chi connectivity index (χ2v) is 9.64. The molecule has 1 amide bonds. The number of benzene rings is 2.